The van der Waals surface area contributed by atoms with Gasteiger partial charge in [0.1, 0.15) is 11.7 Å². The maximum Gasteiger partial charge on any atom is 0.320 e. The molecule has 6 nitrogen and oxygen atoms in total. The Morgan fingerprint density at radius 2 is 2.43 bits per heavy atom. The number of aliphatic carboxylic acids is 1. The van der Waals surface area contributed by atoms with Crippen LogP contribution in [0.2, 0.25) is 0 Å². The van der Waals surface area contributed by atoms with Crippen molar-refractivity contribution in [3.63, 3.8) is 0 Å². The third-order valence-corrected chi connectivity index (χ3v) is 1.70. The Morgan fingerprint density at radius 3 is 3.00 bits per heavy atom. The number of aromatic nitrogens is 1. The monoisotopic (exact) mass is 195 g/mol. The molecule has 0 fully saturated rings. The molecule has 0 amide bonds. The van der Waals surface area contributed by atoms with Gasteiger partial charge in [0.15, 0.2) is 0 Å². The van der Waals surface area contributed by atoms with Crippen LogP contribution in [-0.2, 0) is 11.2 Å². The van der Waals surface area contributed by atoms with Crippen LogP contribution in [0.4, 0.5) is 5.69 Å². The van der Waals surface area contributed by atoms with E-state index in [-0.39, 0.29) is 12.1 Å². The maximum absolute atomic E-state index is 10.4. The zero-order valence-electron chi connectivity index (χ0n) is 7.25. The number of hydrogen-bond donors (Lipinski definition) is 2. The Morgan fingerprint density at radius 1 is 1.71 bits per heavy atom. The summed E-state index contributed by atoms with van der Waals surface area (Å²) in [6.07, 6.45) is 1.45. The van der Waals surface area contributed by atoms with E-state index in [9.17, 15) is 9.70 Å². The van der Waals surface area contributed by atoms with Gasteiger partial charge in [-0.05, 0) is 17.3 Å². The molecule has 0 radical (unpaired) electrons. The van der Waals surface area contributed by atoms with E-state index in [4.69, 9.17) is 10.8 Å². The van der Waals surface area contributed by atoms with Gasteiger partial charge in [0.05, 0.1) is 5.69 Å². The van der Waals surface area contributed by atoms with Crippen molar-refractivity contribution in [2.45, 2.75) is 12.5 Å². The minimum atomic E-state index is -1.13. The molecule has 0 saturated heterocycles. The highest BCUT2D eigenvalue weighted by Gasteiger charge is 2.15. The van der Waals surface area contributed by atoms with E-state index in [1.54, 1.807) is 6.07 Å². The van der Waals surface area contributed by atoms with Crippen LogP contribution in [0.25, 0.3) is 0 Å². The standard InChI is InChI=1S/C8H9N3O3/c9-5(8(12)13)4-7-6(11-14)2-1-3-10-7/h1-3,5H,4,9H2,(H,12,13). The molecule has 1 heterocycles. The summed E-state index contributed by atoms with van der Waals surface area (Å²) >= 11 is 0. The van der Waals surface area contributed by atoms with Crippen LogP contribution in [0.15, 0.2) is 23.5 Å². The highest BCUT2D eigenvalue weighted by molar-refractivity contribution is 5.73. The van der Waals surface area contributed by atoms with Gasteiger partial charge in [0.2, 0.25) is 0 Å². The molecule has 0 aliphatic heterocycles. The van der Waals surface area contributed by atoms with Crippen molar-refractivity contribution in [3.8, 4) is 0 Å². The highest BCUT2D eigenvalue weighted by Crippen LogP contribution is 2.16. The van der Waals surface area contributed by atoms with Crippen molar-refractivity contribution in [3.05, 3.63) is 28.9 Å². The lowest BCUT2D eigenvalue weighted by atomic mass is 10.1. The van der Waals surface area contributed by atoms with Crippen molar-refractivity contribution in [1.82, 2.24) is 4.98 Å². The highest BCUT2D eigenvalue weighted by atomic mass is 16.4. The van der Waals surface area contributed by atoms with Gasteiger partial charge in [-0.15, -0.1) is 4.91 Å². The topological polar surface area (TPSA) is 106 Å². The summed E-state index contributed by atoms with van der Waals surface area (Å²) in [6, 6.07) is 1.95. The summed E-state index contributed by atoms with van der Waals surface area (Å²) in [6.45, 7) is 0. The molecule has 0 aliphatic carbocycles. The van der Waals surface area contributed by atoms with Crippen LogP contribution in [-0.4, -0.2) is 22.1 Å². The molecule has 0 bridgehead atoms. The molecular weight excluding hydrogens is 186 g/mol. The molecule has 0 aromatic carbocycles. The fourth-order valence-corrected chi connectivity index (χ4v) is 0.966. The van der Waals surface area contributed by atoms with Gasteiger partial charge in [-0.3, -0.25) is 9.78 Å². The Labute approximate surface area is 79.7 Å². The van der Waals surface area contributed by atoms with E-state index >= 15 is 0 Å². The summed E-state index contributed by atoms with van der Waals surface area (Å²) in [5.74, 6) is -1.13. The molecule has 0 spiro atoms. The zero-order chi connectivity index (χ0) is 10.6. The van der Waals surface area contributed by atoms with Gasteiger partial charge >= 0.3 is 5.97 Å². The molecule has 3 N–H and O–H groups in total. The lowest BCUT2D eigenvalue weighted by Gasteiger charge is -2.05. The number of carbonyl (C=O) groups is 1. The Bertz CT molecular complexity index is 353. The van der Waals surface area contributed by atoms with Crippen LogP contribution in [0.3, 0.4) is 0 Å². The third-order valence-electron chi connectivity index (χ3n) is 1.70. The largest absolute Gasteiger partial charge is 0.480 e. The number of nitrogens with two attached hydrogens (primary N) is 1. The minimum absolute atomic E-state index is 0.00273. The first-order chi connectivity index (χ1) is 6.65. The molecular formula is C8H9N3O3. The fraction of sp³-hybridized carbons (Fsp3) is 0.250. The van der Waals surface area contributed by atoms with E-state index in [0.717, 1.165) is 0 Å². The molecule has 1 unspecified atom stereocenters. The van der Waals surface area contributed by atoms with Crippen LogP contribution in [0.5, 0.6) is 0 Å². The summed E-state index contributed by atoms with van der Waals surface area (Å²) in [5.41, 5.74) is 5.72. The van der Waals surface area contributed by atoms with Gasteiger partial charge < -0.3 is 10.8 Å². The first-order valence-corrected chi connectivity index (χ1v) is 3.90. The van der Waals surface area contributed by atoms with Crippen LogP contribution in [0.1, 0.15) is 5.69 Å². The number of nitroso groups, excluding NO2 is 1. The molecule has 74 valence electrons. The van der Waals surface area contributed by atoms with E-state index in [1.807, 2.05) is 0 Å². The molecule has 1 rings (SSSR count). The molecule has 1 aromatic heterocycles. The van der Waals surface area contributed by atoms with E-state index in [0.29, 0.717) is 5.69 Å². The molecule has 14 heavy (non-hydrogen) atoms. The summed E-state index contributed by atoms with van der Waals surface area (Å²) < 4.78 is 0. The van der Waals surface area contributed by atoms with Gasteiger partial charge in [-0.1, -0.05) is 0 Å². The van der Waals surface area contributed by atoms with E-state index in [2.05, 4.69) is 10.2 Å². The summed E-state index contributed by atoms with van der Waals surface area (Å²) in [7, 11) is 0. The first kappa shape index (κ1) is 10.3. The van der Waals surface area contributed by atoms with Crippen molar-refractivity contribution in [1.29, 1.82) is 0 Å². The van der Waals surface area contributed by atoms with E-state index in [1.165, 1.54) is 12.3 Å². The smallest absolute Gasteiger partial charge is 0.320 e. The number of carboxylic acid groups (broad SMARTS) is 1. The van der Waals surface area contributed by atoms with Crippen molar-refractivity contribution >= 4 is 11.7 Å². The van der Waals surface area contributed by atoms with Crippen LogP contribution >= 0.6 is 0 Å². The quantitative estimate of drug-likeness (QED) is 0.678. The normalized spacial score (nSPS) is 12.1. The molecule has 0 saturated carbocycles. The van der Waals surface area contributed by atoms with Gasteiger partial charge in [-0.2, -0.15) is 0 Å². The van der Waals surface area contributed by atoms with Gasteiger partial charge in [0, 0.05) is 12.6 Å². The number of carboxylic acids is 1. The zero-order valence-corrected chi connectivity index (χ0v) is 7.25. The number of rotatable bonds is 4. The van der Waals surface area contributed by atoms with Crippen LogP contribution in [0, 0.1) is 4.91 Å². The Kier molecular flexibility index (Phi) is 3.24. The average molecular weight is 195 g/mol. The molecule has 6 heteroatoms. The predicted octanol–water partition coefficient (Wildman–Crippen LogP) is 0.434. The second-order valence-corrected chi connectivity index (χ2v) is 2.71. The molecule has 1 atom stereocenters. The average Bonchev–Trinajstić information content (AvgIpc) is 2.18. The predicted molar refractivity (Wildman–Crippen MR) is 49.0 cm³/mol. The number of nitrogens with zero attached hydrogens (tertiary/aromatic N) is 2. The van der Waals surface area contributed by atoms with Crippen LogP contribution < -0.4 is 5.73 Å². The number of pyridine rings is 1. The first-order valence-electron chi connectivity index (χ1n) is 3.90. The van der Waals surface area contributed by atoms with E-state index < -0.39 is 12.0 Å². The summed E-state index contributed by atoms with van der Waals surface area (Å²) in [5, 5.41) is 11.3. The van der Waals surface area contributed by atoms with Crippen molar-refractivity contribution in [2.24, 2.45) is 10.9 Å². The second kappa shape index (κ2) is 4.43. The number of hydrogen-bond acceptors (Lipinski definition) is 5. The van der Waals surface area contributed by atoms with Crippen molar-refractivity contribution < 1.29 is 9.90 Å². The molecule has 1 aromatic rings. The SMILES string of the molecule is NC(Cc1ncccc1N=O)C(=O)O. The maximum atomic E-state index is 10.4. The fourth-order valence-electron chi connectivity index (χ4n) is 0.966. The minimum Gasteiger partial charge on any atom is -0.480 e. The Hall–Kier alpha value is -1.82. The summed E-state index contributed by atoms with van der Waals surface area (Å²) in [4.78, 5) is 24.6. The second-order valence-electron chi connectivity index (χ2n) is 2.71. The molecule has 0 aliphatic rings. The lowest BCUT2D eigenvalue weighted by molar-refractivity contribution is -0.138. The Balaban J connectivity index is 2.85. The van der Waals surface area contributed by atoms with Gasteiger partial charge in [-0.25, -0.2) is 0 Å². The van der Waals surface area contributed by atoms with Gasteiger partial charge in [0.25, 0.3) is 0 Å². The van der Waals surface area contributed by atoms with Crippen molar-refractivity contribution in [2.75, 3.05) is 0 Å². The lowest BCUT2D eigenvalue weighted by Crippen LogP contribution is -2.32. The third kappa shape index (κ3) is 2.33.